The van der Waals surface area contributed by atoms with Crippen LogP contribution in [0.3, 0.4) is 0 Å². The molecule has 0 fully saturated rings. The number of benzene rings is 1. The molecule has 0 atom stereocenters. The molecule has 0 saturated carbocycles. The minimum atomic E-state index is 0.636. The van der Waals surface area contributed by atoms with Gasteiger partial charge in [0.2, 0.25) is 5.71 Å². The Morgan fingerprint density at radius 1 is 1.13 bits per heavy atom. The van der Waals surface area contributed by atoms with Crippen molar-refractivity contribution in [3.63, 3.8) is 0 Å². The molecule has 15 heavy (non-hydrogen) atoms. The van der Waals surface area contributed by atoms with Crippen molar-refractivity contribution in [1.82, 2.24) is 4.98 Å². The van der Waals surface area contributed by atoms with Crippen LogP contribution in [0.4, 0.5) is 0 Å². The molecule has 2 heterocycles. The number of fused-ring (bicyclic) bond motifs is 1. The summed E-state index contributed by atoms with van der Waals surface area (Å²) in [7, 11) is 0. The summed E-state index contributed by atoms with van der Waals surface area (Å²) >= 11 is 0. The lowest BCUT2D eigenvalue weighted by Gasteiger charge is -1.95. The molecular formula is C13H8NO. The van der Waals surface area contributed by atoms with E-state index >= 15 is 0 Å². The highest BCUT2D eigenvalue weighted by Gasteiger charge is 2.07. The van der Waals surface area contributed by atoms with Crippen molar-refractivity contribution in [3.05, 3.63) is 54.9 Å². The van der Waals surface area contributed by atoms with E-state index in [2.05, 4.69) is 11.1 Å². The predicted octanol–water partition coefficient (Wildman–Crippen LogP) is 3.29. The van der Waals surface area contributed by atoms with Crippen molar-refractivity contribution >= 4 is 11.1 Å². The lowest BCUT2D eigenvalue weighted by molar-refractivity contribution is 0.604. The van der Waals surface area contributed by atoms with Gasteiger partial charge in [-0.3, -0.25) is 0 Å². The Hall–Kier alpha value is -2.09. The van der Waals surface area contributed by atoms with E-state index in [0.717, 1.165) is 16.5 Å². The zero-order chi connectivity index (χ0) is 10.1. The van der Waals surface area contributed by atoms with E-state index in [4.69, 9.17) is 4.42 Å². The Morgan fingerprint density at radius 3 is 2.87 bits per heavy atom. The van der Waals surface area contributed by atoms with Crippen molar-refractivity contribution in [2.45, 2.75) is 0 Å². The molecule has 3 rings (SSSR count). The molecule has 0 aliphatic heterocycles. The van der Waals surface area contributed by atoms with Crippen LogP contribution >= 0.6 is 0 Å². The first kappa shape index (κ1) is 8.24. The summed E-state index contributed by atoms with van der Waals surface area (Å²) < 4.78 is 5.36. The van der Waals surface area contributed by atoms with E-state index in [1.807, 2.05) is 30.3 Å². The molecule has 71 valence electrons. The zero-order valence-electron chi connectivity index (χ0n) is 7.97. The monoisotopic (exact) mass is 194 g/mol. The topological polar surface area (TPSA) is 26.0 Å². The first-order valence-corrected chi connectivity index (χ1v) is 4.74. The van der Waals surface area contributed by atoms with Crippen LogP contribution in [-0.4, -0.2) is 4.98 Å². The molecule has 0 N–H and O–H groups in total. The molecule has 0 amide bonds. The fraction of sp³-hybridized carbons (Fsp3) is 0. The highest BCUT2D eigenvalue weighted by Crippen LogP contribution is 2.28. The van der Waals surface area contributed by atoms with Crippen molar-refractivity contribution in [2.75, 3.05) is 0 Å². The second kappa shape index (κ2) is 3.24. The Bertz CT molecular complexity index is 584. The fourth-order valence-electron chi connectivity index (χ4n) is 1.64. The third kappa shape index (κ3) is 1.31. The van der Waals surface area contributed by atoms with E-state index in [0.29, 0.717) is 5.71 Å². The third-order valence-corrected chi connectivity index (χ3v) is 2.35. The molecule has 3 aromatic rings. The van der Waals surface area contributed by atoms with Crippen LogP contribution in [0, 0.1) is 6.07 Å². The quantitative estimate of drug-likeness (QED) is 0.594. The molecule has 2 aromatic heterocycles. The molecule has 0 bridgehead atoms. The number of hydrogen-bond acceptors (Lipinski definition) is 2. The highest BCUT2D eigenvalue weighted by molar-refractivity contribution is 5.91. The number of hydrogen-bond donors (Lipinski definition) is 0. The number of rotatable bonds is 1. The van der Waals surface area contributed by atoms with Gasteiger partial charge in [0, 0.05) is 11.8 Å². The number of pyridine rings is 1. The average Bonchev–Trinajstić information content (AvgIpc) is 2.74. The molecule has 0 spiro atoms. The van der Waals surface area contributed by atoms with E-state index in [1.54, 1.807) is 18.5 Å². The molecule has 1 radical (unpaired) electrons. The van der Waals surface area contributed by atoms with Gasteiger partial charge in [0.25, 0.3) is 0 Å². The molecule has 1 aromatic carbocycles. The van der Waals surface area contributed by atoms with Crippen LogP contribution in [0.1, 0.15) is 0 Å². The minimum Gasteiger partial charge on any atom is -0.445 e. The van der Waals surface area contributed by atoms with E-state index in [9.17, 15) is 0 Å². The summed E-state index contributed by atoms with van der Waals surface area (Å²) in [5, 5.41) is 0.934. The number of nitrogens with zero attached hydrogens (tertiary/aromatic N) is 1. The van der Waals surface area contributed by atoms with Crippen LogP contribution in [0.2, 0.25) is 0 Å². The molecule has 0 saturated heterocycles. The Morgan fingerprint density at radius 2 is 2.00 bits per heavy atom. The molecule has 0 unspecified atom stereocenters. The second-order valence-electron chi connectivity index (χ2n) is 3.28. The average molecular weight is 194 g/mol. The van der Waals surface area contributed by atoms with Gasteiger partial charge in [-0.25, -0.2) is 4.98 Å². The fourth-order valence-corrected chi connectivity index (χ4v) is 1.64. The standard InChI is InChI=1S/C13H8NO/c1-2-5-10(6-3-1)12-9-15-13-11(12)7-4-8-14-13/h1-6,8-9H. The predicted molar refractivity (Wildman–Crippen MR) is 58.3 cm³/mol. The smallest absolute Gasteiger partial charge is 0.227 e. The van der Waals surface area contributed by atoms with Gasteiger partial charge < -0.3 is 4.42 Å². The van der Waals surface area contributed by atoms with Crippen LogP contribution in [-0.2, 0) is 0 Å². The maximum Gasteiger partial charge on any atom is 0.227 e. The van der Waals surface area contributed by atoms with Gasteiger partial charge in [0.15, 0.2) is 0 Å². The Labute approximate surface area is 87.2 Å². The van der Waals surface area contributed by atoms with Gasteiger partial charge in [0.1, 0.15) is 6.26 Å². The highest BCUT2D eigenvalue weighted by atomic mass is 16.3. The van der Waals surface area contributed by atoms with E-state index in [1.165, 1.54) is 0 Å². The van der Waals surface area contributed by atoms with Gasteiger partial charge in [-0.2, -0.15) is 0 Å². The molecule has 0 aliphatic carbocycles. The summed E-state index contributed by atoms with van der Waals surface area (Å²) in [6.07, 6.45) is 3.41. The van der Waals surface area contributed by atoms with Gasteiger partial charge in [-0.1, -0.05) is 30.3 Å². The molecule has 0 aliphatic rings. The number of aromatic nitrogens is 1. The van der Waals surface area contributed by atoms with Crippen molar-refractivity contribution in [2.24, 2.45) is 0 Å². The summed E-state index contributed by atoms with van der Waals surface area (Å²) in [6, 6.07) is 15.0. The molecule has 2 nitrogen and oxygen atoms in total. The maximum atomic E-state index is 5.36. The van der Waals surface area contributed by atoms with Gasteiger partial charge >= 0.3 is 0 Å². The summed E-state index contributed by atoms with van der Waals surface area (Å²) in [5.41, 5.74) is 2.80. The lowest BCUT2D eigenvalue weighted by atomic mass is 10.1. The van der Waals surface area contributed by atoms with Crippen LogP contribution < -0.4 is 0 Å². The van der Waals surface area contributed by atoms with E-state index in [-0.39, 0.29) is 0 Å². The van der Waals surface area contributed by atoms with Gasteiger partial charge in [-0.15, -0.1) is 0 Å². The maximum absolute atomic E-state index is 5.36. The molecular weight excluding hydrogens is 186 g/mol. The third-order valence-electron chi connectivity index (χ3n) is 2.35. The van der Waals surface area contributed by atoms with Crippen LogP contribution in [0.5, 0.6) is 0 Å². The van der Waals surface area contributed by atoms with Gasteiger partial charge in [0.05, 0.1) is 5.39 Å². The second-order valence-corrected chi connectivity index (χ2v) is 3.28. The van der Waals surface area contributed by atoms with Crippen LogP contribution in [0.15, 0.2) is 53.3 Å². The normalized spacial score (nSPS) is 10.7. The van der Waals surface area contributed by atoms with Crippen molar-refractivity contribution < 1.29 is 4.42 Å². The largest absolute Gasteiger partial charge is 0.445 e. The minimum absolute atomic E-state index is 0.636. The van der Waals surface area contributed by atoms with E-state index < -0.39 is 0 Å². The Balaban J connectivity index is 2.28. The van der Waals surface area contributed by atoms with Gasteiger partial charge in [-0.05, 0) is 17.7 Å². The lowest BCUT2D eigenvalue weighted by Crippen LogP contribution is -1.75. The summed E-state index contributed by atoms with van der Waals surface area (Å²) in [6.45, 7) is 0. The van der Waals surface area contributed by atoms with Crippen molar-refractivity contribution in [1.29, 1.82) is 0 Å². The first-order valence-electron chi connectivity index (χ1n) is 4.74. The summed E-state index contributed by atoms with van der Waals surface area (Å²) in [4.78, 5) is 4.13. The summed E-state index contributed by atoms with van der Waals surface area (Å²) in [5.74, 6) is 0. The first-order chi connectivity index (χ1) is 7.45. The van der Waals surface area contributed by atoms with Crippen LogP contribution in [0.25, 0.3) is 22.2 Å². The Kier molecular flexibility index (Phi) is 1.78. The molecule has 2 heteroatoms. The zero-order valence-corrected chi connectivity index (χ0v) is 7.97. The SMILES string of the molecule is [c]1ccnc2occ(-c3ccccc3)c12. The number of furan rings is 1. The van der Waals surface area contributed by atoms with Crippen molar-refractivity contribution in [3.8, 4) is 11.1 Å².